The van der Waals surface area contributed by atoms with Gasteiger partial charge in [-0.3, -0.25) is 0 Å². The van der Waals surface area contributed by atoms with Crippen LogP contribution in [0.1, 0.15) is 66.2 Å². The normalized spacial score (nSPS) is 22.1. The van der Waals surface area contributed by atoms with Crippen LogP contribution in [0.3, 0.4) is 0 Å². The first-order chi connectivity index (χ1) is 7.70. The van der Waals surface area contributed by atoms with Gasteiger partial charge in [0.2, 0.25) is 0 Å². The molecule has 1 saturated carbocycles. The minimum absolute atomic E-state index is 0.00457. The minimum Gasteiger partial charge on any atom is -0.326 e. The Morgan fingerprint density at radius 2 is 1.76 bits per heavy atom. The second-order valence-electron chi connectivity index (χ2n) is 7.47. The van der Waals surface area contributed by atoms with Crippen molar-refractivity contribution in [1.82, 2.24) is 4.90 Å². The predicted octanol–water partition coefficient (Wildman–Crippen LogP) is 3.40. The molecule has 0 aromatic rings. The van der Waals surface area contributed by atoms with E-state index in [1.165, 1.54) is 38.6 Å². The van der Waals surface area contributed by atoms with Gasteiger partial charge in [0.05, 0.1) is 0 Å². The maximum Gasteiger partial charge on any atom is 0.00975 e. The van der Waals surface area contributed by atoms with E-state index in [0.717, 1.165) is 12.5 Å². The molecule has 2 nitrogen and oxygen atoms in total. The molecule has 0 unspecified atom stereocenters. The summed E-state index contributed by atoms with van der Waals surface area (Å²) in [5.41, 5.74) is 6.59. The van der Waals surface area contributed by atoms with Gasteiger partial charge >= 0.3 is 0 Å². The fraction of sp³-hybridized carbons (Fsp3) is 1.00. The van der Waals surface area contributed by atoms with Crippen LogP contribution in [-0.4, -0.2) is 30.1 Å². The summed E-state index contributed by atoms with van der Waals surface area (Å²) in [6.45, 7) is 10.2. The first-order valence-electron chi connectivity index (χ1n) is 7.19. The Morgan fingerprint density at radius 3 is 2.24 bits per heavy atom. The second-order valence-corrected chi connectivity index (χ2v) is 7.47. The van der Waals surface area contributed by atoms with E-state index in [2.05, 4.69) is 39.6 Å². The molecule has 2 heteroatoms. The molecule has 102 valence electrons. The van der Waals surface area contributed by atoms with Crippen LogP contribution < -0.4 is 5.73 Å². The van der Waals surface area contributed by atoms with Gasteiger partial charge in [0.15, 0.2) is 0 Å². The van der Waals surface area contributed by atoms with Crippen LogP contribution in [0.5, 0.6) is 0 Å². The zero-order valence-electron chi connectivity index (χ0n) is 12.6. The Labute approximate surface area is 108 Å². The van der Waals surface area contributed by atoms with Crippen molar-refractivity contribution in [2.75, 3.05) is 13.6 Å². The Kier molecular flexibility index (Phi) is 5.03. The molecule has 2 N–H and O–H groups in total. The van der Waals surface area contributed by atoms with Crippen molar-refractivity contribution in [2.24, 2.45) is 11.1 Å². The highest BCUT2D eigenvalue weighted by molar-refractivity contribution is 4.83. The van der Waals surface area contributed by atoms with E-state index >= 15 is 0 Å². The van der Waals surface area contributed by atoms with Crippen molar-refractivity contribution in [2.45, 2.75) is 77.8 Å². The highest BCUT2D eigenvalue weighted by atomic mass is 15.1. The molecule has 0 saturated heterocycles. The molecule has 0 atom stereocenters. The fourth-order valence-corrected chi connectivity index (χ4v) is 2.79. The molecule has 0 aromatic carbocycles. The number of hydrogen-bond donors (Lipinski definition) is 1. The number of nitrogens with zero attached hydrogens (tertiary/aromatic N) is 1. The smallest absolute Gasteiger partial charge is 0.00975 e. The van der Waals surface area contributed by atoms with Gasteiger partial charge in [-0.05, 0) is 71.4 Å². The highest BCUT2D eigenvalue weighted by Gasteiger charge is 2.28. The summed E-state index contributed by atoms with van der Waals surface area (Å²) < 4.78 is 0. The third-order valence-corrected chi connectivity index (χ3v) is 4.26. The average molecular weight is 240 g/mol. The van der Waals surface area contributed by atoms with Crippen LogP contribution in [0.4, 0.5) is 0 Å². The first-order valence-corrected chi connectivity index (χ1v) is 7.19. The maximum atomic E-state index is 6.02. The van der Waals surface area contributed by atoms with E-state index < -0.39 is 0 Å². The second kappa shape index (κ2) is 5.71. The summed E-state index contributed by atoms with van der Waals surface area (Å²) >= 11 is 0. The molecule has 0 amide bonds. The third kappa shape index (κ3) is 5.87. The summed E-state index contributed by atoms with van der Waals surface area (Å²) in [7, 11) is 2.28. The molecule has 17 heavy (non-hydrogen) atoms. The van der Waals surface area contributed by atoms with Crippen LogP contribution in [0, 0.1) is 5.41 Å². The van der Waals surface area contributed by atoms with E-state index in [9.17, 15) is 0 Å². The van der Waals surface area contributed by atoms with E-state index in [1.807, 2.05) is 0 Å². The zero-order valence-corrected chi connectivity index (χ0v) is 12.6. The molecule has 0 aliphatic heterocycles. The lowest BCUT2D eigenvalue weighted by molar-refractivity contribution is 0.125. The predicted molar refractivity (Wildman–Crippen MR) is 76.2 cm³/mol. The summed E-state index contributed by atoms with van der Waals surface area (Å²) in [4.78, 5) is 2.56. The SMILES string of the molecule is CN(CCCC(C)(C)N)C1CCC(C)(C)CC1. The average Bonchev–Trinajstić information content (AvgIpc) is 2.15. The number of rotatable bonds is 5. The minimum atomic E-state index is -0.00457. The van der Waals surface area contributed by atoms with Gasteiger partial charge in [0, 0.05) is 11.6 Å². The van der Waals surface area contributed by atoms with Crippen molar-refractivity contribution in [3.05, 3.63) is 0 Å². The van der Waals surface area contributed by atoms with E-state index in [0.29, 0.717) is 5.41 Å². The van der Waals surface area contributed by atoms with E-state index in [4.69, 9.17) is 5.73 Å². The Hall–Kier alpha value is -0.0800. The lowest BCUT2D eigenvalue weighted by Gasteiger charge is -2.38. The standard InChI is InChI=1S/C15H32N2/c1-14(2)10-7-13(8-11-14)17(5)12-6-9-15(3,4)16/h13H,6-12,16H2,1-5H3. The van der Waals surface area contributed by atoms with E-state index in [-0.39, 0.29) is 5.54 Å². The van der Waals surface area contributed by atoms with Crippen LogP contribution in [-0.2, 0) is 0 Å². The van der Waals surface area contributed by atoms with Crippen LogP contribution in [0.25, 0.3) is 0 Å². The van der Waals surface area contributed by atoms with Gasteiger partial charge in [-0.2, -0.15) is 0 Å². The maximum absolute atomic E-state index is 6.02. The Morgan fingerprint density at radius 1 is 1.24 bits per heavy atom. The molecule has 0 radical (unpaired) electrons. The fourth-order valence-electron chi connectivity index (χ4n) is 2.79. The largest absolute Gasteiger partial charge is 0.326 e. The Balaban J connectivity index is 2.23. The summed E-state index contributed by atoms with van der Waals surface area (Å²) in [6, 6.07) is 0.809. The molecule has 1 fully saturated rings. The van der Waals surface area contributed by atoms with Crippen molar-refractivity contribution >= 4 is 0 Å². The molecule has 0 bridgehead atoms. The number of nitrogens with two attached hydrogens (primary N) is 1. The van der Waals surface area contributed by atoms with Gasteiger partial charge in [-0.15, -0.1) is 0 Å². The van der Waals surface area contributed by atoms with Gasteiger partial charge < -0.3 is 10.6 Å². The van der Waals surface area contributed by atoms with Crippen molar-refractivity contribution in [3.63, 3.8) is 0 Å². The van der Waals surface area contributed by atoms with Gasteiger partial charge in [-0.25, -0.2) is 0 Å². The molecule has 0 heterocycles. The molecule has 1 aliphatic carbocycles. The van der Waals surface area contributed by atoms with Gasteiger partial charge in [0.25, 0.3) is 0 Å². The van der Waals surface area contributed by atoms with Gasteiger partial charge in [-0.1, -0.05) is 13.8 Å². The van der Waals surface area contributed by atoms with Crippen molar-refractivity contribution < 1.29 is 0 Å². The van der Waals surface area contributed by atoms with Crippen LogP contribution >= 0.6 is 0 Å². The Bertz CT molecular complexity index is 218. The number of hydrogen-bond acceptors (Lipinski definition) is 2. The molecule has 0 spiro atoms. The lowest BCUT2D eigenvalue weighted by atomic mass is 9.75. The summed E-state index contributed by atoms with van der Waals surface area (Å²) in [5.74, 6) is 0. The molecule has 1 aliphatic rings. The summed E-state index contributed by atoms with van der Waals surface area (Å²) in [5, 5.41) is 0. The first kappa shape index (κ1) is 15.0. The molecular formula is C15H32N2. The molecule has 0 aromatic heterocycles. The third-order valence-electron chi connectivity index (χ3n) is 4.26. The van der Waals surface area contributed by atoms with Crippen LogP contribution in [0.15, 0.2) is 0 Å². The van der Waals surface area contributed by atoms with Crippen LogP contribution in [0.2, 0.25) is 0 Å². The lowest BCUT2D eigenvalue weighted by Crippen LogP contribution is -2.39. The topological polar surface area (TPSA) is 29.3 Å². The molecular weight excluding hydrogens is 208 g/mol. The highest BCUT2D eigenvalue weighted by Crippen LogP contribution is 2.36. The summed E-state index contributed by atoms with van der Waals surface area (Å²) in [6.07, 6.45) is 7.84. The monoisotopic (exact) mass is 240 g/mol. The quantitative estimate of drug-likeness (QED) is 0.798. The van der Waals surface area contributed by atoms with E-state index in [1.54, 1.807) is 0 Å². The van der Waals surface area contributed by atoms with Crippen molar-refractivity contribution in [3.8, 4) is 0 Å². The molecule has 1 rings (SSSR count). The van der Waals surface area contributed by atoms with Gasteiger partial charge in [0.1, 0.15) is 0 Å². The zero-order chi connectivity index (χ0) is 13.1. The van der Waals surface area contributed by atoms with Crippen molar-refractivity contribution in [1.29, 1.82) is 0 Å².